The summed E-state index contributed by atoms with van der Waals surface area (Å²) in [5.74, 6) is 2.93. The molecule has 0 aliphatic heterocycles. The van der Waals surface area contributed by atoms with Crippen molar-refractivity contribution in [1.29, 1.82) is 0 Å². The summed E-state index contributed by atoms with van der Waals surface area (Å²) in [7, 11) is 0. The molecule has 1 heteroatoms. The molecule has 0 nitrogen and oxygen atoms in total. The zero-order valence-electron chi connectivity index (χ0n) is 9.78. The van der Waals surface area contributed by atoms with Gasteiger partial charge in [-0.25, -0.2) is 0 Å². The molecule has 2 rings (SSSR count). The van der Waals surface area contributed by atoms with Gasteiger partial charge >= 0.3 is 0 Å². The molecular formula is C14H25Yb-. The second kappa shape index (κ2) is 7.77. The standard InChI is InChI=1S/C14H25.Yb/c1-12-7-9-14(10-8-12)11-13-5-3-2-4-6-13;/h12-14H,1-11H2;/q-1;. The summed E-state index contributed by atoms with van der Waals surface area (Å²) >= 11 is 0. The van der Waals surface area contributed by atoms with E-state index in [-0.39, 0.29) is 46.9 Å². The Labute approximate surface area is 134 Å². The van der Waals surface area contributed by atoms with Crippen LogP contribution in [0.3, 0.4) is 0 Å². The summed E-state index contributed by atoms with van der Waals surface area (Å²) in [5.41, 5.74) is 0. The van der Waals surface area contributed by atoms with Crippen molar-refractivity contribution in [3.63, 3.8) is 0 Å². The van der Waals surface area contributed by atoms with Gasteiger partial charge in [-0.1, -0.05) is 57.8 Å². The monoisotopic (exact) mass is 367 g/mol. The van der Waals surface area contributed by atoms with Crippen molar-refractivity contribution >= 4 is 0 Å². The first kappa shape index (κ1) is 14.6. The van der Waals surface area contributed by atoms with Crippen LogP contribution in [-0.4, -0.2) is 0 Å². The summed E-state index contributed by atoms with van der Waals surface area (Å²) in [6.07, 6.45) is 14.9. The Kier molecular flexibility index (Phi) is 7.55. The van der Waals surface area contributed by atoms with Crippen LogP contribution in [0.15, 0.2) is 0 Å². The van der Waals surface area contributed by atoms with Crippen molar-refractivity contribution in [2.45, 2.75) is 64.2 Å². The van der Waals surface area contributed by atoms with Crippen molar-refractivity contribution in [2.24, 2.45) is 17.8 Å². The summed E-state index contributed by atoms with van der Waals surface area (Å²) in [6.45, 7) is 4.18. The molecule has 0 amide bonds. The largest absolute Gasteiger partial charge is 0.340 e. The van der Waals surface area contributed by atoms with Crippen LogP contribution >= 0.6 is 0 Å². The molecule has 0 bridgehead atoms. The fourth-order valence-corrected chi connectivity index (χ4v) is 3.36. The fourth-order valence-electron chi connectivity index (χ4n) is 3.36. The minimum atomic E-state index is 0. The summed E-state index contributed by atoms with van der Waals surface area (Å²) in [4.78, 5) is 0. The van der Waals surface area contributed by atoms with E-state index in [1.54, 1.807) is 6.42 Å². The molecule has 2 saturated carbocycles. The van der Waals surface area contributed by atoms with Crippen molar-refractivity contribution in [1.82, 2.24) is 0 Å². The van der Waals surface area contributed by atoms with E-state index in [9.17, 15) is 0 Å². The fraction of sp³-hybridized carbons (Fsp3) is 0.929. The predicted octanol–water partition coefficient (Wildman–Crippen LogP) is 4.60. The van der Waals surface area contributed by atoms with Gasteiger partial charge in [-0.3, -0.25) is 0 Å². The van der Waals surface area contributed by atoms with E-state index in [2.05, 4.69) is 6.92 Å². The van der Waals surface area contributed by atoms with Crippen LogP contribution in [-0.2, 0) is 0 Å². The second-order valence-corrected chi connectivity index (χ2v) is 5.63. The molecule has 0 atom stereocenters. The maximum atomic E-state index is 4.18. The number of hydrogen-bond acceptors (Lipinski definition) is 0. The van der Waals surface area contributed by atoms with Gasteiger partial charge in [-0.05, 0) is 18.3 Å². The summed E-state index contributed by atoms with van der Waals surface area (Å²) in [5, 5.41) is 0. The Bertz CT molecular complexity index is 153. The quantitative estimate of drug-likeness (QED) is 0.627. The van der Waals surface area contributed by atoms with Gasteiger partial charge in [0.1, 0.15) is 0 Å². The van der Waals surface area contributed by atoms with Crippen LogP contribution in [0.1, 0.15) is 64.2 Å². The molecule has 2 aliphatic carbocycles. The SMILES string of the molecule is [CH2-]C1CCC(CC2CCCCC2)CC1.[Yb]. The van der Waals surface area contributed by atoms with E-state index in [1.165, 1.54) is 57.8 Å². The van der Waals surface area contributed by atoms with E-state index in [4.69, 9.17) is 0 Å². The van der Waals surface area contributed by atoms with E-state index < -0.39 is 0 Å². The van der Waals surface area contributed by atoms with Crippen LogP contribution < -0.4 is 0 Å². The van der Waals surface area contributed by atoms with Gasteiger partial charge < -0.3 is 6.92 Å². The van der Waals surface area contributed by atoms with Gasteiger partial charge in [-0.2, -0.15) is 5.92 Å². The third-order valence-corrected chi connectivity index (χ3v) is 4.36. The van der Waals surface area contributed by atoms with Crippen LogP contribution in [0.5, 0.6) is 0 Å². The summed E-state index contributed by atoms with van der Waals surface area (Å²) in [6, 6.07) is 0. The smallest absolute Gasteiger partial charge is 0 e. The van der Waals surface area contributed by atoms with Crippen LogP contribution in [0.25, 0.3) is 0 Å². The molecule has 0 N–H and O–H groups in total. The van der Waals surface area contributed by atoms with Gasteiger partial charge in [0.25, 0.3) is 0 Å². The minimum Gasteiger partial charge on any atom is -0.340 e. The van der Waals surface area contributed by atoms with Gasteiger partial charge in [0.2, 0.25) is 0 Å². The molecule has 0 radical (unpaired) electrons. The molecule has 96 valence electrons. The Morgan fingerprint density at radius 3 is 1.87 bits per heavy atom. The first-order valence-electron chi connectivity index (χ1n) is 6.67. The van der Waals surface area contributed by atoms with Crippen molar-refractivity contribution in [3.8, 4) is 0 Å². The Hall–Kier alpha value is 1.52. The van der Waals surface area contributed by atoms with E-state index in [0.717, 1.165) is 17.8 Å². The van der Waals surface area contributed by atoms with Gasteiger partial charge in [-0.15, -0.1) is 0 Å². The molecule has 0 aromatic carbocycles. The molecule has 0 spiro atoms. The molecule has 2 aliphatic rings. The van der Waals surface area contributed by atoms with E-state index >= 15 is 0 Å². The Morgan fingerprint density at radius 2 is 1.27 bits per heavy atom. The van der Waals surface area contributed by atoms with Crippen molar-refractivity contribution in [2.75, 3.05) is 0 Å². The molecule has 0 unspecified atom stereocenters. The zero-order chi connectivity index (χ0) is 9.80. The summed E-state index contributed by atoms with van der Waals surface area (Å²) < 4.78 is 0. The average Bonchev–Trinajstić information content (AvgIpc) is 2.23. The molecule has 0 aromatic rings. The van der Waals surface area contributed by atoms with Crippen molar-refractivity contribution < 1.29 is 46.9 Å². The minimum absolute atomic E-state index is 0. The molecule has 0 saturated heterocycles. The topological polar surface area (TPSA) is 0 Å². The Balaban J connectivity index is 0.00000112. The number of rotatable bonds is 2. The van der Waals surface area contributed by atoms with Crippen LogP contribution in [0.4, 0.5) is 0 Å². The first-order chi connectivity index (χ1) is 6.84. The van der Waals surface area contributed by atoms with Gasteiger partial charge in [0.05, 0.1) is 0 Å². The van der Waals surface area contributed by atoms with Crippen LogP contribution in [0, 0.1) is 71.6 Å². The zero-order valence-corrected chi connectivity index (χ0v) is 11.5. The average molecular weight is 366 g/mol. The molecule has 0 heterocycles. The predicted molar refractivity (Wildman–Crippen MR) is 62.0 cm³/mol. The maximum absolute atomic E-state index is 4.18. The molecule has 2 fully saturated rings. The van der Waals surface area contributed by atoms with E-state index in [0.29, 0.717) is 0 Å². The number of hydrogen-bond donors (Lipinski definition) is 0. The molecule has 15 heavy (non-hydrogen) atoms. The van der Waals surface area contributed by atoms with Crippen molar-refractivity contribution in [3.05, 3.63) is 6.92 Å². The van der Waals surface area contributed by atoms with Gasteiger partial charge in [0.15, 0.2) is 0 Å². The van der Waals surface area contributed by atoms with Crippen LogP contribution in [0.2, 0.25) is 0 Å². The first-order valence-corrected chi connectivity index (χ1v) is 6.67. The normalized spacial score (nSPS) is 33.4. The Morgan fingerprint density at radius 1 is 0.733 bits per heavy atom. The van der Waals surface area contributed by atoms with E-state index in [1.807, 2.05) is 0 Å². The molecule has 0 aromatic heterocycles. The maximum Gasteiger partial charge on any atom is 0 e. The third kappa shape index (κ3) is 5.13. The third-order valence-electron chi connectivity index (χ3n) is 4.36. The molecular weight excluding hydrogens is 341 g/mol. The van der Waals surface area contributed by atoms with Gasteiger partial charge in [0, 0.05) is 46.9 Å². The second-order valence-electron chi connectivity index (χ2n) is 5.63.